The van der Waals surface area contributed by atoms with Crippen molar-refractivity contribution in [3.63, 3.8) is 0 Å². The van der Waals surface area contributed by atoms with Gasteiger partial charge in [0.15, 0.2) is 0 Å². The number of nitrogens with two attached hydrogens (primary N) is 1. The van der Waals surface area contributed by atoms with Crippen LogP contribution in [0.3, 0.4) is 0 Å². The summed E-state index contributed by atoms with van der Waals surface area (Å²) in [5.41, 5.74) is 8.66. The van der Waals surface area contributed by atoms with Crippen LogP contribution in [-0.2, 0) is 6.54 Å². The first-order chi connectivity index (χ1) is 10.2. The van der Waals surface area contributed by atoms with Crippen molar-refractivity contribution in [3.8, 4) is 5.75 Å². The van der Waals surface area contributed by atoms with E-state index in [-0.39, 0.29) is 5.91 Å². The Labute approximate surface area is 124 Å². The molecule has 2 aromatic rings. The van der Waals surface area contributed by atoms with Crippen LogP contribution in [0.5, 0.6) is 5.75 Å². The molecule has 0 bridgehead atoms. The zero-order chi connectivity index (χ0) is 15.2. The van der Waals surface area contributed by atoms with Crippen molar-refractivity contribution in [2.75, 3.05) is 25.2 Å². The van der Waals surface area contributed by atoms with E-state index in [1.54, 1.807) is 32.4 Å². The lowest BCUT2D eigenvalue weighted by atomic mass is 10.1. The zero-order valence-electron chi connectivity index (χ0n) is 12.1. The van der Waals surface area contributed by atoms with Crippen molar-refractivity contribution in [1.82, 2.24) is 5.32 Å². The highest BCUT2D eigenvalue weighted by Crippen LogP contribution is 2.23. The number of nitrogens with one attached hydrogen (secondary N) is 2. The number of nitrogen functional groups attached to an aromatic ring is 1. The van der Waals surface area contributed by atoms with Gasteiger partial charge >= 0.3 is 0 Å². The second-order valence-corrected chi connectivity index (χ2v) is 4.55. The van der Waals surface area contributed by atoms with Crippen LogP contribution in [0.4, 0.5) is 11.4 Å². The quantitative estimate of drug-likeness (QED) is 0.736. The molecule has 0 unspecified atom stereocenters. The van der Waals surface area contributed by atoms with Crippen LogP contribution in [0.1, 0.15) is 15.9 Å². The van der Waals surface area contributed by atoms with E-state index in [0.717, 1.165) is 11.3 Å². The number of para-hydroxylation sites is 1. The van der Waals surface area contributed by atoms with Gasteiger partial charge < -0.3 is 21.1 Å². The Hall–Kier alpha value is -2.69. The van der Waals surface area contributed by atoms with Gasteiger partial charge in [0.05, 0.1) is 12.7 Å². The molecule has 2 aromatic carbocycles. The van der Waals surface area contributed by atoms with Gasteiger partial charge in [0.1, 0.15) is 5.75 Å². The third kappa shape index (κ3) is 3.45. The van der Waals surface area contributed by atoms with Crippen LogP contribution in [0.25, 0.3) is 0 Å². The van der Waals surface area contributed by atoms with Crippen molar-refractivity contribution < 1.29 is 9.53 Å². The summed E-state index contributed by atoms with van der Waals surface area (Å²) >= 11 is 0. The van der Waals surface area contributed by atoms with Gasteiger partial charge in [0.2, 0.25) is 0 Å². The summed E-state index contributed by atoms with van der Waals surface area (Å²) in [6.45, 7) is 0.539. The maximum Gasteiger partial charge on any atom is 0.253 e. The van der Waals surface area contributed by atoms with Crippen molar-refractivity contribution in [2.24, 2.45) is 0 Å². The second-order valence-electron chi connectivity index (χ2n) is 4.55. The number of carbonyl (C=O) groups is 1. The fourth-order valence-electron chi connectivity index (χ4n) is 2.08. The molecule has 110 valence electrons. The number of methoxy groups -OCH3 is 1. The zero-order valence-corrected chi connectivity index (χ0v) is 12.1. The molecule has 0 spiro atoms. The fourth-order valence-corrected chi connectivity index (χ4v) is 2.08. The van der Waals surface area contributed by atoms with Gasteiger partial charge in [-0.15, -0.1) is 0 Å². The highest BCUT2D eigenvalue weighted by molar-refractivity contribution is 6.00. The molecule has 2 rings (SSSR count). The van der Waals surface area contributed by atoms with Crippen LogP contribution < -0.4 is 21.1 Å². The van der Waals surface area contributed by atoms with Crippen molar-refractivity contribution >= 4 is 17.3 Å². The predicted molar refractivity (Wildman–Crippen MR) is 84.6 cm³/mol. The topological polar surface area (TPSA) is 76.4 Å². The summed E-state index contributed by atoms with van der Waals surface area (Å²) in [4.78, 5) is 11.9. The van der Waals surface area contributed by atoms with E-state index in [1.165, 1.54) is 0 Å². The van der Waals surface area contributed by atoms with Crippen molar-refractivity contribution in [2.45, 2.75) is 6.54 Å². The number of carbonyl (C=O) groups excluding carboxylic acids is 1. The average Bonchev–Trinajstić information content (AvgIpc) is 2.52. The van der Waals surface area contributed by atoms with Crippen LogP contribution >= 0.6 is 0 Å². The average molecular weight is 285 g/mol. The van der Waals surface area contributed by atoms with Gasteiger partial charge in [0.25, 0.3) is 5.91 Å². The van der Waals surface area contributed by atoms with Gasteiger partial charge in [0, 0.05) is 30.5 Å². The Morgan fingerprint density at radius 3 is 2.71 bits per heavy atom. The summed E-state index contributed by atoms with van der Waals surface area (Å²) in [6, 6.07) is 12.9. The Morgan fingerprint density at radius 2 is 2.00 bits per heavy atom. The first-order valence-corrected chi connectivity index (χ1v) is 6.63. The third-order valence-corrected chi connectivity index (χ3v) is 3.18. The number of anilines is 2. The van der Waals surface area contributed by atoms with Crippen LogP contribution in [0.2, 0.25) is 0 Å². The molecular formula is C16H19N3O2. The highest BCUT2D eigenvalue weighted by atomic mass is 16.5. The number of benzene rings is 2. The molecule has 0 saturated carbocycles. The molecule has 0 aliphatic carbocycles. The normalized spacial score (nSPS) is 10.0. The number of ether oxygens (including phenoxy) is 1. The monoisotopic (exact) mass is 285 g/mol. The Kier molecular flexibility index (Phi) is 4.66. The largest absolute Gasteiger partial charge is 0.496 e. The molecule has 0 heterocycles. The lowest BCUT2D eigenvalue weighted by Gasteiger charge is -2.14. The van der Waals surface area contributed by atoms with E-state index >= 15 is 0 Å². The van der Waals surface area contributed by atoms with Crippen LogP contribution in [-0.4, -0.2) is 20.1 Å². The third-order valence-electron chi connectivity index (χ3n) is 3.18. The van der Waals surface area contributed by atoms with Gasteiger partial charge in [-0.25, -0.2) is 0 Å². The maximum atomic E-state index is 11.9. The molecule has 0 aliphatic rings. The number of rotatable bonds is 5. The summed E-state index contributed by atoms with van der Waals surface area (Å²) in [5, 5.41) is 5.86. The lowest BCUT2D eigenvalue weighted by Crippen LogP contribution is -2.19. The predicted octanol–water partition coefficient (Wildman–Crippen LogP) is 2.25. The molecule has 0 fully saturated rings. The minimum atomic E-state index is -0.155. The van der Waals surface area contributed by atoms with Gasteiger partial charge in [-0.05, 0) is 24.3 Å². The van der Waals surface area contributed by atoms with E-state index in [1.807, 2.05) is 24.3 Å². The molecule has 0 atom stereocenters. The van der Waals surface area contributed by atoms with Gasteiger partial charge in [-0.3, -0.25) is 4.79 Å². The second kappa shape index (κ2) is 6.65. The van der Waals surface area contributed by atoms with Crippen LogP contribution in [0.15, 0.2) is 42.5 Å². The first kappa shape index (κ1) is 14.7. The highest BCUT2D eigenvalue weighted by Gasteiger charge is 2.10. The minimum absolute atomic E-state index is 0.155. The molecule has 0 saturated heterocycles. The Morgan fingerprint density at radius 1 is 1.24 bits per heavy atom. The van der Waals surface area contributed by atoms with E-state index in [4.69, 9.17) is 10.5 Å². The molecule has 21 heavy (non-hydrogen) atoms. The summed E-state index contributed by atoms with van der Waals surface area (Å²) in [7, 11) is 3.23. The first-order valence-electron chi connectivity index (χ1n) is 6.63. The molecule has 1 amide bonds. The van der Waals surface area contributed by atoms with E-state index < -0.39 is 0 Å². The van der Waals surface area contributed by atoms with E-state index in [9.17, 15) is 4.79 Å². The molecule has 0 aliphatic heterocycles. The van der Waals surface area contributed by atoms with Crippen molar-refractivity contribution in [3.05, 3.63) is 53.6 Å². The van der Waals surface area contributed by atoms with Crippen molar-refractivity contribution in [1.29, 1.82) is 0 Å². The Bertz CT molecular complexity index is 641. The molecule has 5 nitrogen and oxygen atoms in total. The lowest BCUT2D eigenvalue weighted by molar-refractivity contribution is 0.0964. The van der Waals surface area contributed by atoms with Gasteiger partial charge in [-0.2, -0.15) is 0 Å². The molecule has 0 radical (unpaired) electrons. The fraction of sp³-hybridized carbons (Fsp3) is 0.188. The molecule has 4 N–H and O–H groups in total. The van der Waals surface area contributed by atoms with E-state index in [0.29, 0.717) is 23.5 Å². The molecule has 0 aromatic heterocycles. The number of hydrogen-bond acceptors (Lipinski definition) is 4. The smallest absolute Gasteiger partial charge is 0.253 e. The molecule has 5 heteroatoms. The number of hydrogen-bond donors (Lipinski definition) is 3. The van der Waals surface area contributed by atoms with Crippen LogP contribution in [0, 0.1) is 0 Å². The standard InChI is InChI=1S/C16H19N3O2/c1-18-16(20)13-8-7-12(17)9-14(13)19-10-11-5-3-4-6-15(11)21-2/h3-9,19H,10,17H2,1-2H3,(H,18,20). The molecular weight excluding hydrogens is 266 g/mol. The summed E-state index contributed by atoms with van der Waals surface area (Å²) < 4.78 is 5.31. The van der Waals surface area contributed by atoms with Gasteiger partial charge in [-0.1, -0.05) is 18.2 Å². The number of amides is 1. The maximum absolute atomic E-state index is 11.9. The van der Waals surface area contributed by atoms with E-state index in [2.05, 4.69) is 10.6 Å². The summed E-state index contributed by atoms with van der Waals surface area (Å²) in [5.74, 6) is 0.646. The summed E-state index contributed by atoms with van der Waals surface area (Å²) in [6.07, 6.45) is 0. The SMILES string of the molecule is CNC(=O)c1ccc(N)cc1NCc1ccccc1OC. The minimum Gasteiger partial charge on any atom is -0.496 e. The Balaban J connectivity index is 2.23.